The normalized spacial score (nSPS) is 12.7. The van der Waals surface area contributed by atoms with Crippen LogP contribution in [0.1, 0.15) is 58.6 Å². The van der Waals surface area contributed by atoms with Crippen LogP contribution in [-0.4, -0.2) is 18.1 Å². The Morgan fingerprint density at radius 2 is 2.00 bits per heavy atom. The van der Waals surface area contributed by atoms with Crippen LogP contribution in [0.15, 0.2) is 18.5 Å². The lowest BCUT2D eigenvalue weighted by molar-refractivity contribution is 0.337. The van der Waals surface area contributed by atoms with Gasteiger partial charge in [0.1, 0.15) is 5.75 Å². The average molecular weight is 264 g/mol. The molecule has 19 heavy (non-hydrogen) atoms. The first-order valence-electron chi connectivity index (χ1n) is 7.48. The maximum absolute atomic E-state index is 5.54. The van der Waals surface area contributed by atoms with Crippen LogP contribution in [0.5, 0.6) is 5.75 Å². The molecule has 0 radical (unpaired) electrons. The van der Waals surface area contributed by atoms with Gasteiger partial charge in [-0.3, -0.25) is 4.98 Å². The standard InChI is InChI=1S/C16H28N2O/c1-5-9-18-16(8-7-13(3)4)14-10-15(19-6-2)12-17-11-14/h10-13,16,18H,5-9H2,1-4H3. The van der Waals surface area contributed by atoms with E-state index in [2.05, 4.69) is 37.1 Å². The molecule has 0 aliphatic carbocycles. The van der Waals surface area contributed by atoms with Crippen LogP contribution in [0.2, 0.25) is 0 Å². The third-order valence-corrected chi connectivity index (χ3v) is 3.12. The van der Waals surface area contributed by atoms with Gasteiger partial charge in [-0.1, -0.05) is 20.8 Å². The number of nitrogens with one attached hydrogen (secondary N) is 1. The van der Waals surface area contributed by atoms with E-state index in [1.165, 1.54) is 12.0 Å². The number of ether oxygens (including phenoxy) is 1. The van der Waals surface area contributed by atoms with Gasteiger partial charge in [-0.2, -0.15) is 0 Å². The van der Waals surface area contributed by atoms with Crippen molar-refractivity contribution >= 4 is 0 Å². The van der Waals surface area contributed by atoms with E-state index in [-0.39, 0.29) is 0 Å². The summed E-state index contributed by atoms with van der Waals surface area (Å²) in [5.41, 5.74) is 1.24. The quantitative estimate of drug-likeness (QED) is 0.733. The zero-order valence-corrected chi connectivity index (χ0v) is 12.8. The highest BCUT2D eigenvalue weighted by molar-refractivity contribution is 5.26. The monoisotopic (exact) mass is 264 g/mol. The summed E-state index contributed by atoms with van der Waals surface area (Å²) in [6.45, 7) is 10.5. The van der Waals surface area contributed by atoms with Crippen LogP contribution in [0.25, 0.3) is 0 Å². The molecular weight excluding hydrogens is 236 g/mol. The predicted molar refractivity (Wildman–Crippen MR) is 80.5 cm³/mol. The second-order valence-electron chi connectivity index (χ2n) is 5.36. The Hall–Kier alpha value is -1.09. The minimum atomic E-state index is 0.384. The number of pyridine rings is 1. The zero-order chi connectivity index (χ0) is 14.1. The summed E-state index contributed by atoms with van der Waals surface area (Å²) in [4.78, 5) is 4.29. The van der Waals surface area contributed by atoms with E-state index in [0.717, 1.165) is 31.1 Å². The summed E-state index contributed by atoms with van der Waals surface area (Å²) < 4.78 is 5.54. The van der Waals surface area contributed by atoms with E-state index in [1.807, 2.05) is 13.1 Å². The fourth-order valence-electron chi connectivity index (χ4n) is 2.08. The van der Waals surface area contributed by atoms with Crippen LogP contribution >= 0.6 is 0 Å². The van der Waals surface area contributed by atoms with Crippen molar-refractivity contribution in [1.82, 2.24) is 10.3 Å². The van der Waals surface area contributed by atoms with Gasteiger partial charge in [-0.25, -0.2) is 0 Å². The summed E-state index contributed by atoms with van der Waals surface area (Å²) in [5.74, 6) is 1.60. The molecule has 1 atom stereocenters. The molecule has 0 amide bonds. The van der Waals surface area contributed by atoms with Crippen molar-refractivity contribution in [2.24, 2.45) is 5.92 Å². The highest BCUT2D eigenvalue weighted by Gasteiger charge is 2.12. The van der Waals surface area contributed by atoms with Crippen LogP contribution in [-0.2, 0) is 0 Å². The van der Waals surface area contributed by atoms with Crippen molar-refractivity contribution in [3.63, 3.8) is 0 Å². The molecule has 0 spiro atoms. The highest BCUT2D eigenvalue weighted by Crippen LogP contribution is 2.23. The molecule has 1 unspecified atom stereocenters. The SMILES string of the molecule is CCCNC(CCC(C)C)c1cncc(OCC)c1. The Labute approximate surface area is 117 Å². The second-order valence-corrected chi connectivity index (χ2v) is 5.36. The van der Waals surface area contributed by atoms with Crippen LogP contribution in [0.4, 0.5) is 0 Å². The van der Waals surface area contributed by atoms with Crippen molar-refractivity contribution in [2.75, 3.05) is 13.2 Å². The largest absolute Gasteiger partial charge is 0.492 e. The summed E-state index contributed by atoms with van der Waals surface area (Å²) in [7, 11) is 0. The van der Waals surface area contributed by atoms with Gasteiger partial charge >= 0.3 is 0 Å². The van der Waals surface area contributed by atoms with E-state index in [4.69, 9.17) is 4.74 Å². The number of aromatic nitrogens is 1. The van der Waals surface area contributed by atoms with Crippen LogP contribution < -0.4 is 10.1 Å². The molecule has 108 valence electrons. The fourth-order valence-corrected chi connectivity index (χ4v) is 2.08. The Morgan fingerprint density at radius 1 is 1.21 bits per heavy atom. The molecule has 1 N–H and O–H groups in total. The van der Waals surface area contributed by atoms with Gasteiger partial charge in [0.2, 0.25) is 0 Å². The molecular formula is C16H28N2O. The molecule has 3 heteroatoms. The van der Waals surface area contributed by atoms with Gasteiger partial charge in [0, 0.05) is 12.2 Å². The Bertz CT molecular complexity index is 352. The molecule has 0 aliphatic rings. The van der Waals surface area contributed by atoms with Gasteiger partial charge in [-0.15, -0.1) is 0 Å². The van der Waals surface area contributed by atoms with E-state index < -0.39 is 0 Å². The zero-order valence-electron chi connectivity index (χ0n) is 12.8. The minimum absolute atomic E-state index is 0.384. The van der Waals surface area contributed by atoms with E-state index in [1.54, 1.807) is 6.20 Å². The molecule has 0 saturated carbocycles. The molecule has 1 rings (SSSR count). The Kier molecular flexibility index (Phi) is 7.49. The molecule has 3 nitrogen and oxygen atoms in total. The lowest BCUT2D eigenvalue weighted by Gasteiger charge is -2.20. The number of nitrogens with zero attached hydrogens (tertiary/aromatic N) is 1. The van der Waals surface area contributed by atoms with Crippen LogP contribution in [0, 0.1) is 5.92 Å². The Balaban J connectivity index is 2.73. The van der Waals surface area contributed by atoms with Crippen molar-refractivity contribution < 1.29 is 4.74 Å². The first-order valence-corrected chi connectivity index (χ1v) is 7.48. The van der Waals surface area contributed by atoms with Crippen molar-refractivity contribution in [1.29, 1.82) is 0 Å². The molecule has 0 saturated heterocycles. The van der Waals surface area contributed by atoms with Gasteiger partial charge < -0.3 is 10.1 Å². The number of hydrogen-bond acceptors (Lipinski definition) is 3. The lowest BCUT2D eigenvalue weighted by atomic mass is 9.98. The molecule has 0 fully saturated rings. The minimum Gasteiger partial charge on any atom is -0.492 e. The lowest BCUT2D eigenvalue weighted by Crippen LogP contribution is -2.22. The molecule has 0 aromatic carbocycles. The molecule has 0 bridgehead atoms. The topological polar surface area (TPSA) is 34.2 Å². The summed E-state index contributed by atoms with van der Waals surface area (Å²) in [6.07, 6.45) is 7.26. The van der Waals surface area contributed by atoms with Gasteiger partial charge in [0.15, 0.2) is 0 Å². The Morgan fingerprint density at radius 3 is 2.63 bits per heavy atom. The predicted octanol–water partition coefficient (Wildman–Crippen LogP) is 3.96. The molecule has 1 aromatic heterocycles. The first-order chi connectivity index (χ1) is 9.17. The van der Waals surface area contributed by atoms with E-state index in [0.29, 0.717) is 12.6 Å². The smallest absolute Gasteiger partial charge is 0.137 e. The fraction of sp³-hybridized carbons (Fsp3) is 0.688. The number of hydrogen-bond donors (Lipinski definition) is 1. The van der Waals surface area contributed by atoms with Crippen molar-refractivity contribution in [2.45, 2.75) is 53.0 Å². The van der Waals surface area contributed by atoms with Gasteiger partial charge in [-0.05, 0) is 50.3 Å². The highest BCUT2D eigenvalue weighted by atomic mass is 16.5. The average Bonchev–Trinajstić information content (AvgIpc) is 2.39. The third kappa shape index (κ3) is 6.06. The van der Waals surface area contributed by atoms with Crippen LogP contribution in [0.3, 0.4) is 0 Å². The maximum Gasteiger partial charge on any atom is 0.137 e. The van der Waals surface area contributed by atoms with Gasteiger partial charge in [0.05, 0.1) is 12.8 Å². The second kappa shape index (κ2) is 8.92. The van der Waals surface area contributed by atoms with Gasteiger partial charge in [0.25, 0.3) is 0 Å². The summed E-state index contributed by atoms with van der Waals surface area (Å²) in [6, 6.07) is 2.50. The van der Waals surface area contributed by atoms with Crippen molar-refractivity contribution in [3.05, 3.63) is 24.0 Å². The summed E-state index contributed by atoms with van der Waals surface area (Å²) in [5, 5.41) is 3.61. The van der Waals surface area contributed by atoms with E-state index in [9.17, 15) is 0 Å². The molecule has 1 heterocycles. The summed E-state index contributed by atoms with van der Waals surface area (Å²) >= 11 is 0. The van der Waals surface area contributed by atoms with Crippen molar-refractivity contribution in [3.8, 4) is 5.75 Å². The maximum atomic E-state index is 5.54. The molecule has 1 aromatic rings. The van der Waals surface area contributed by atoms with E-state index >= 15 is 0 Å². The number of rotatable bonds is 9. The molecule has 0 aliphatic heterocycles. The first kappa shape index (κ1) is 16.0. The third-order valence-electron chi connectivity index (χ3n) is 3.12.